The van der Waals surface area contributed by atoms with Crippen molar-refractivity contribution < 1.29 is 8.78 Å². The molecule has 1 heterocycles. The molecule has 0 unspecified atom stereocenters. The highest BCUT2D eigenvalue weighted by molar-refractivity contribution is 9.10. The maximum atomic E-state index is 13.4. The third-order valence-corrected chi connectivity index (χ3v) is 2.69. The number of aromatic nitrogens is 2. The molecule has 0 aliphatic heterocycles. The Kier molecular flexibility index (Phi) is 3.54. The lowest BCUT2D eigenvalue weighted by molar-refractivity contribution is 0.581. The lowest BCUT2D eigenvalue weighted by Gasteiger charge is -2.07. The Balaban J connectivity index is 2.33. The number of hydrogen-bond acceptors (Lipinski definition) is 3. The molecule has 7 heteroatoms. The zero-order valence-electron chi connectivity index (χ0n) is 8.22. The minimum Gasteiger partial charge on any atom is -0.338 e. The van der Waals surface area contributed by atoms with Gasteiger partial charge in [0.2, 0.25) is 5.28 Å². The fraction of sp³-hybridized carbons (Fsp3) is 0. The zero-order valence-corrected chi connectivity index (χ0v) is 10.6. The average Bonchev–Trinajstić information content (AvgIpc) is 2.26. The number of nitrogens with one attached hydrogen (secondary N) is 1. The summed E-state index contributed by atoms with van der Waals surface area (Å²) >= 11 is 8.55. The molecule has 0 fully saturated rings. The van der Waals surface area contributed by atoms with Gasteiger partial charge in [0.15, 0.2) is 0 Å². The summed E-state index contributed by atoms with van der Waals surface area (Å²) in [5.41, 5.74) is 0.0908. The summed E-state index contributed by atoms with van der Waals surface area (Å²) in [5.74, 6) is -1.07. The van der Waals surface area contributed by atoms with Crippen molar-refractivity contribution >= 4 is 39.0 Å². The van der Waals surface area contributed by atoms with E-state index in [0.717, 1.165) is 6.07 Å². The Morgan fingerprint density at radius 3 is 2.71 bits per heavy atom. The van der Waals surface area contributed by atoms with E-state index in [4.69, 9.17) is 11.6 Å². The Labute approximate surface area is 109 Å². The van der Waals surface area contributed by atoms with Crippen LogP contribution in [0.3, 0.4) is 0 Å². The van der Waals surface area contributed by atoms with Crippen LogP contribution < -0.4 is 5.32 Å². The van der Waals surface area contributed by atoms with E-state index in [2.05, 4.69) is 31.2 Å². The maximum Gasteiger partial charge on any atom is 0.224 e. The van der Waals surface area contributed by atoms with Gasteiger partial charge in [-0.25, -0.2) is 18.7 Å². The van der Waals surface area contributed by atoms with E-state index in [1.54, 1.807) is 0 Å². The molecular weight excluding hydrogens is 315 g/mol. The van der Waals surface area contributed by atoms with Crippen molar-refractivity contribution in [1.29, 1.82) is 0 Å². The summed E-state index contributed by atoms with van der Waals surface area (Å²) in [6.45, 7) is 0. The molecule has 1 aromatic carbocycles. The third-order valence-electron chi connectivity index (χ3n) is 1.90. The lowest BCUT2D eigenvalue weighted by Crippen LogP contribution is -1.98. The Morgan fingerprint density at radius 2 is 2.00 bits per heavy atom. The monoisotopic (exact) mass is 319 g/mol. The van der Waals surface area contributed by atoms with Crippen molar-refractivity contribution in [3.63, 3.8) is 0 Å². The largest absolute Gasteiger partial charge is 0.338 e. The molecule has 2 rings (SSSR count). The van der Waals surface area contributed by atoms with Gasteiger partial charge in [-0.3, -0.25) is 0 Å². The van der Waals surface area contributed by atoms with Crippen LogP contribution in [0.25, 0.3) is 0 Å². The maximum absolute atomic E-state index is 13.4. The molecule has 3 nitrogen and oxygen atoms in total. The van der Waals surface area contributed by atoms with Gasteiger partial charge >= 0.3 is 0 Å². The van der Waals surface area contributed by atoms with Crippen molar-refractivity contribution in [2.45, 2.75) is 0 Å². The molecule has 0 aliphatic rings. The van der Waals surface area contributed by atoms with Gasteiger partial charge in [-0.1, -0.05) is 0 Å². The minimum atomic E-state index is -0.722. The van der Waals surface area contributed by atoms with E-state index >= 15 is 0 Å². The van der Waals surface area contributed by atoms with Crippen LogP contribution in [-0.2, 0) is 0 Å². The molecule has 1 aromatic heterocycles. The molecule has 0 amide bonds. The van der Waals surface area contributed by atoms with Gasteiger partial charge in [-0.2, -0.15) is 0 Å². The highest BCUT2D eigenvalue weighted by Crippen LogP contribution is 2.25. The molecule has 0 saturated heterocycles. The average molecular weight is 321 g/mol. The third kappa shape index (κ3) is 2.89. The molecular formula is C10H5BrClF2N3. The second-order valence-corrected chi connectivity index (χ2v) is 4.27. The van der Waals surface area contributed by atoms with Crippen LogP contribution in [-0.4, -0.2) is 9.97 Å². The molecule has 1 N–H and O–H groups in total. The van der Waals surface area contributed by atoms with Crippen LogP contribution in [0.1, 0.15) is 0 Å². The fourth-order valence-electron chi connectivity index (χ4n) is 1.16. The molecule has 0 saturated carbocycles. The molecule has 0 aliphatic carbocycles. The number of halogens is 4. The Bertz CT molecular complexity index is 565. The SMILES string of the molecule is Fc1cc(F)c(Nc2ccnc(Cl)n2)cc1Br. The van der Waals surface area contributed by atoms with Crippen molar-refractivity contribution in [2.75, 3.05) is 5.32 Å². The van der Waals surface area contributed by atoms with Gasteiger partial charge in [0.25, 0.3) is 0 Å². The summed E-state index contributed by atoms with van der Waals surface area (Å²) in [7, 11) is 0. The van der Waals surface area contributed by atoms with E-state index in [1.807, 2.05) is 0 Å². The van der Waals surface area contributed by atoms with E-state index in [9.17, 15) is 8.78 Å². The van der Waals surface area contributed by atoms with Gasteiger partial charge in [-0.05, 0) is 39.7 Å². The van der Waals surface area contributed by atoms with E-state index < -0.39 is 11.6 Å². The number of anilines is 2. The first-order chi connectivity index (χ1) is 8.06. The summed E-state index contributed by atoms with van der Waals surface area (Å²) in [6.07, 6.45) is 1.42. The minimum absolute atomic E-state index is 0.0385. The van der Waals surface area contributed by atoms with Crippen LogP contribution in [0, 0.1) is 11.6 Å². The van der Waals surface area contributed by atoms with Crippen molar-refractivity contribution in [3.05, 3.63) is 45.8 Å². The summed E-state index contributed by atoms with van der Waals surface area (Å²) in [4.78, 5) is 7.52. The van der Waals surface area contributed by atoms with Crippen LogP contribution in [0.4, 0.5) is 20.3 Å². The van der Waals surface area contributed by atoms with Crippen LogP contribution >= 0.6 is 27.5 Å². The van der Waals surface area contributed by atoms with Crippen molar-refractivity contribution in [1.82, 2.24) is 9.97 Å². The van der Waals surface area contributed by atoms with Crippen LogP contribution in [0.5, 0.6) is 0 Å². The number of hydrogen-bond donors (Lipinski definition) is 1. The fourth-order valence-corrected chi connectivity index (χ4v) is 1.65. The number of rotatable bonds is 2. The van der Waals surface area contributed by atoms with E-state index in [-0.39, 0.29) is 15.4 Å². The Hall–Kier alpha value is -1.27. The van der Waals surface area contributed by atoms with E-state index in [0.29, 0.717) is 5.82 Å². The molecule has 0 bridgehead atoms. The highest BCUT2D eigenvalue weighted by Gasteiger charge is 2.09. The second-order valence-electron chi connectivity index (χ2n) is 3.08. The molecule has 0 atom stereocenters. The predicted molar refractivity (Wildman–Crippen MR) is 64.4 cm³/mol. The zero-order chi connectivity index (χ0) is 12.4. The predicted octanol–water partition coefficient (Wildman–Crippen LogP) is 3.91. The first-order valence-electron chi connectivity index (χ1n) is 4.46. The Morgan fingerprint density at radius 1 is 1.24 bits per heavy atom. The number of nitrogens with zero attached hydrogens (tertiary/aromatic N) is 2. The van der Waals surface area contributed by atoms with E-state index in [1.165, 1.54) is 18.3 Å². The molecule has 0 radical (unpaired) electrons. The molecule has 0 spiro atoms. The van der Waals surface area contributed by atoms with Gasteiger partial charge in [0, 0.05) is 12.3 Å². The topological polar surface area (TPSA) is 37.8 Å². The number of benzene rings is 1. The van der Waals surface area contributed by atoms with Gasteiger partial charge in [-0.15, -0.1) is 0 Å². The standard InChI is InChI=1S/C10H5BrClF2N3/c11-5-3-8(7(14)4-6(5)13)16-9-1-2-15-10(12)17-9/h1-4H,(H,15,16,17). The van der Waals surface area contributed by atoms with Gasteiger partial charge < -0.3 is 5.32 Å². The first-order valence-corrected chi connectivity index (χ1v) is 5.63. The molecule has 2 aromatic rings. The smallest absolute Gasteiger partial charge is 0.224 e. The summed E-state index contributed by atoms with van der Waals surface area (Å²) in [6, 6.07) is 3.57. The summed E-state index contributed by atoms with van der Waals surface area (Å²) < 4.78 is 26.6. The van der Waals surface area contributed by atoms with Crippen LogP contribution in [0.2, 0.25) is 5.28 Å². The highest BCUT2D eigenvalue weighted by atomic mass is 79.9. The second kappa shape index (κ2) is 4.93. The van der Waals surface area contributed by atoms with Crippen molar-refractivity contribution in [3.8, 4) is 0 Å². The van der Waals surface area contributed by atoms with Crippen LogP contribution in [0.15, 0.2) is 28.9 Å². The van der Waals surface area contributed by atoms with Gasteiger partial charge in [0.05, 0.1) is 10.2 Å². The molecule has 17 heavy (non-hydrogen) atoms. The summed E-state index contributed by atoms with van der Waals surface area (Å²) in [5, 5.41) is 2.71. The van der Waals surface area contributed by atoms with Crippen molar-refractivity contribution in [2.24, 2.45) is 0 Å². The van der Waals surface area contributed by atoms with Gasteiger partial charge in [0.1, 0.15) is 17.5 Å². The molecule has 88 valence electrons. The normalized spacial score (nSPS) is 10.4. The quantitative estimate of drug-likeness (QED) is 0.673. The lowest BCUT2D eigenvalue weighted by atomic mass is 10.3. The first kappa shape index (κ1) is 12.2.